The van der Waals surface area contributed by atoms with E-state index < -0.39 is 5.91 Å². The number of nitriles is 1. The summed E-state index contributed by atoms with van der Waals surface area (Å²) in [4.78, 5) is 12.8. The van der Waals surface area contributed by atoms with Crippen LogP contribution in [0.3, 0.4) is 0 Å². The van der Waals surface area contributed by atoms with Gasteiger partial charge in [-0.1, -0.05) is 77.4 Å². The molecule has 1 aliphatic rings. The lowest BCUT2D eigenvalue weighted by molar-refractivity contribution is -0.112. The van der Waals surface area contributed by atoms with Crippen molar-refractivity contribution in [1.82, 2.24) is 0 Å². The highest BCUT2D eigenvalue weighted by molar-refractivity contribution is 6.31. The lowest BCUT2D eigenvalue weighted by Gasteiger charge is -2.16. The third kappa shape index (κ3) is 5.76. The van der Waals surface area contributed by atoms with E-state index in [1.807, 2.05) is 74.5 Å². The molecule has 4 rings (SSSR count). The normalized spacial score (nSPS) is 15.4. The van der Waals surface area contributed by atoms with Gasteiger partial charge in [0.2, 0.25) is 0 Å². The largest absolute Gasteiger partial charge is 0.489 e. The molecule has 0 saturated heterocycles. The quantitative estimate of drug-likeness (QED) is 0.270. The first-order valence-electron chi connectivity index (χ1n) is 11.7. The second-order valence-corrected chi connectivity index (χ2v) is 9.30. The molecule has 0 saturated carbocycles. The summed E-state index contributed by atoms with van der Waals surface area (Å²) in [5.74, 6) is 0.425. The van der Waals surface area contributed by atoms with E-state index in [9.17, 15) is 10.1 Å². The van der Waals surface area contributed by atoms with E-state index in [-0.39, 0.29) is 11.5 Å². The van der Waals surface area contributed by atoms with Crippen LogP contribution >= 0.6 is 11.6 Å². The molecule has 0 heterocycles. The number of anilines is 1. The number of hydrogen-bond acceptors (Lipinski definition) is 3. The molecule has 0 aromatic heterocycles. The Bertz CT molecular complexity index is 1410. The number of aryl methyl sites for hydroxylation is 1. The minimum atomic E-state index is -0.466. The Morgan fingerprint density at radius 1 is 1.06 bits per heavy atom. The zero-order valence-electron chi connectivity index (χ0n) is 20.5. The summed E-state index contributed by atoms with van der Waals surface area (Å²) in [6.45, 7) is 6.51. The molecular formula is C31H27ClN2O2. The Labute approximate surface area is 217 Å². The van der Waals surface area contributed by atoms with Crippen molar-refractivity contribution in [2.75, 3.05) is 5.32 Å². The van der Waals surface area contributed by atoms with E-state index in [1.165, 1.54) is 0 Å². The number of ether oxygens (including phenoxy) is 1. The number of benzene rings is 3. The first-order valence-corrected chi connectivity index (χ1v) is 12.1. The van der Waals surface area contributed by atoms with E-state index in [4.69, 9.17) is 16.3 Å². The van der Waals surface area contributed by atoms with Crippen molar-refractivity contribution < 1.29 is 9.53 Å². The van der Waals surface area contributed by atoms with Crippen LogP contribution < -0.4 is 10.1 Å². The molecule has 5 heteroatoms. The third-order valence-corrected chi connectivity index (χ3v) is 6.69. The predicted octanol–water partition coefficient (Wildman–Crippen LogP) is 7.68. The van der Waals surface area contributed by atoms with Gasteiger partial charge in [-0.2, -0.15) is 5.26 Å². The molecule has 0 radical (unpaired) electrons. The molecule has 0 aliphatic heterocycles. The molecule has 4 nitrogen and oxygen atoms in total. The molecule has 180 valence electrons. The van der Waals surface area contributed by atoms with E-state index in [0.717, 1.165) is 39.2 Å². The monoisotopic (exact) mass is 494 g/mol. The molecule has 36 heavy (non-hydrogen) atoms. The van der Waals surface area contributed by atoms with Gasteiger partial charge >= 0.3 is 0 Å². The summed E-state index contributed by atoms with van der Waals surface area (Å²) in [6, 6.07) is 25.5. The van der Waals surface area contributed by atoms with E-state index >= 15 is 0 Å². The van der Waals surface area contributed by atoms with Gasteiger partial charge in [-0.15, -0.1) is 0 Å². The van der Waals surface area contributed by atoms with Crippen molar-refractivity contribution >= 4 is 23.2 Å². The molecule has 1 atom stereocenters. The SMILES string of the molecule is CC1=CC(/C=C(/C#N)C(=O)Nc2ccc(C)c(Cl)c2)=C(C)[C@H]1c1ccc(OCc2ccccc2)cc1. The maximum atomic E-state index is 12.8. The maximum Gasteiger partial charge on any atom is 0.266 e. The number of amides is 1. The Morgan fingerprint density at radius 3 is 2.44 bits per heavy atom. The summed E-state index contributed by atoms with van der Waals surface area (Å²) >= 11 is 6.16. The van der Waals surface area contributed by atoms with Crippen LogP contribution in [0.4, 0.5) is 5.69 Å². The summed E-state index contributed by atoms with van der Waals surface area (Å²) in [5, 5.41) is 13.0. The van der Waals surface area contributed by atoms with Crippen LogP contribution in [0, 0.1) is 18.3 Å². The van der Waals surface area contributed by atoms with Crippen LogP contribution in [-0.4, -0.2) is 5.91 Å². The molecule has 0 fully saturated rings. The van der Waals surface area contributed by atoms with Crippen molar-refractivity contribution in [3.63, 3.8) is 0 Å². The molecule has 0 spiro atoms. The topological polar surface area (TPSA) is 62.1 Å². The van der Waals surface area contributed by atoms with Crippen LogP contribution in [0.25, 0.3) is 0 Å². The number of allylic oxidation sites excluding steroid dienone is 5. The third-order valence-electron chi connectivity index (χ3n) is 6.28. The first-order chi connectivity index (χ1) is 17.4. The van der Waals surface area contributed by atoms with Gasteiger partial charge in [0.1, 0.15) is 24.0 Å². The Balaban J connectivity index is 1.49. The fourth-order valence-corrected chi connectivity index (χ4v) is 4.47. The second-order valence-electron chi connectivity index (χ2n) is 8.89. The van der Waals surface area contributed by atoms with E-state index in [0.29, 0.717) is 17.3 Å². The Hall–Kier alpha value is -4.07. The van der Waals surface area contributed by atoms with Crippen LogP contribution in [0.5, 0.6) is 5.75 Å². The van der Waals surface area contributed by atoms with Crippen molar-refractivity contribution in [1.29, 1.82) is 5.26 Å². The van der Waals surface area contributed by atoms with Gasteiger partial charge < -0.3 is 10.1 Å². The summed E-state index contributed by atoms with van der Waals surface area (Å²) in [6.07, 6.45) is 3.69. The van der Waals surface area contributed by atoms with Crippen LogP contribution in [0.1, 0.15) is 36.5 Å². The molecule has 1 aliphatic carbocycles. The Morgan fingerprint density at radius 2 is 1.78 bits per heavy atom. The van der Waals surface area contributed by atoms with Crippen molar-refractivity contribution in [3.8, 4) is 11.8 Å². The second kappa shape index (κ2) is 11.1. The maximum absolute atomic E-state index is 12.8. The summed E-state index contributed by atoms with van der Waals surface area (Å²) in [5.41, 5.74) is 6.87. The van der Waals surface area contributed by atoms with Crippen LogP contribution in [0.2, 0.25) is 5.02 Å². The average Bonchev–Trinajstić information content (AvgIpc) is 3.16. The highest BCUT2D eigenvalue weighted by Crippen LogP contribution is 2.40. The minimum absolute atomic E-state index is 0.0374. The summed E-state index contributed by atoms with van der Waals surface area (Å²) < 4.78 is 5.92. The molecule has 0 unspecified atom stereocenters. The lowest BCUT2D eigenvalue weighted by Crippen LogP contribution is -2.13. The van der Waals surface area contributed by atoms with Gasteiger partial charge in [0, 0.05) is 16.6 Å². The van der Waals surface area contributed by atoms with Crippen LogP contribution in [-0.2, 0) is 11.4 Å². The van der Waals surface area contributed by atoms with Gasteiger partial charge in [0.15, 0.2) is 0 Å². The number of halogens is 1. The molecule has 3 aromatic rings. The standard InChI is InChI=1S/C31H27ClN2O2/c1-20-9-12-27(17-29(20)32)34-31(35)26(18-33)16-25-15-21(2)30(22(25)3)24-10-13-28(14-11-24)36-19-23-7-5-4-6-8-23/h4-17,30H,19H2,1-3H3,(H,34,35)/b26-16-/t30-/m0/s1. The summed E-state index contributed by atoms with van der Waals surface area (Å²) in [7, 11) is 0. The molecule has 1 N–H and O–H groups in total. The van der Waals surface area contributed by atoms with Crippen LogP contribution in [0.15, 0.2) is 107 Å². The van der Waals surface area contributed by atoms with Crippen molar-refractivity contribution in [3.05, 3.63) is 129 Å². The molecule has 1 amide bonds. The van der Waals surface area contributed by atoms with Gasteiger partial charge in [0.05, 0.1) is 0 Å². The molecule has 0 bridgehead atoms. The predicted molar refractivity (Wildman–Crippen MR) is 145 cm³/mol. The van der Waals surface area contributed by atoms with Gasteiger partial charge in [-0.3, -0.25) is 4.79 Å². The average molecular weight is 495 g/mol. The van der Waals surface area contributed by atoms with Gasteiger partial charge in [-0.05, 0) is 73.4 Å². The zero-order chi connectivity index (χ0) is 25.7. The first kappa shape index (κ1) is 25.0. The number of carbonyl (C=O) groups excluding carboxylic acids is 1. The number of hydrogen-bond donors (Lipinski definition) is 1. The van der Waals surface area contributed by atoms with E-state index in [1.54, 1.807) is 18.2 Å². The number of carbonyl (C=O) groups is 1. The fraction of sp³-hybridized carbons (Fsp3) is 0.161. The zero-order valence-corrected chi connectivity index (χ0v) is 21.3. The van der Waals surface area contributed by atoms with Crippen molar-refractivity contribution in [2.45, 2.75) is 33.3 Å². The number of rotatable bonds is 7. The fourth-order valence-electron chi connectivity index (χ4n) is 4.29. The highest BCUT2D eigenvalue weighted by Gasteiger charge is 2.24. The number of nitrogens with one attached hydrogen (secondary N) is 1. The lowest BCUT2D eigenvalue weighted by atomic mass is 9.89. The minimum Gasteiger partial charge on any atom is -0.489 e. The van der Waals surface area contributed by atoms with Crippen molar-refractivity contribution in [2.24, 2.45) is 0 Å². The molecule has 3 aromatic carbocycles. The van der Waals surface area contributed by atoms with Gasteiger partial charge in [-0.25, -0.2) is 0 Å². The number of nitrogens with zero attached hydrogens (tertiary/aromatic N) is 1. The Kier molecular flexibility index (Phi) is 7.73. The van der Waals surface area contributed by atoms with E-state index in [2.05, 4.69) is 24.4 Å². The highest BCUT2D eigenvalue weighted by atomic mass is 35.5. The van der Waals surface area contributed by atoms with Gasteiger partial charge in [0.25, 0.3) is 5.91 Å². The smallest absolute Gasteiger partial charge is 0.266 e. The molecular weight excluding hydrogens is 468 g/mol.